The van der Waals surface area contributed by atoms with Gasteiger partial charge in [-0.25, -0.2) is 9.97 Å². The van der Waals surface area contributed by atoms with Crippen LogP contribution in [0.2, 0.25) is 0 Å². The Morgan fingerprint density at radius 2 is 1.96 bits per heavy atom. The van der Waals surface area contributed by atoms with Crippen molar-refractivity contribution in [1.29, 1.82) is 0 Å². The smallest absolute Gasteiger partial charge is 0.190 e. The number of aryl methyl sites for hydroxylation is 3. The number of guanidine groups is 1. The average molecular weight is 465 g/mol. The molecule has 128 valence electrons. The molecule has 0 amide bonds. The Morgan fingerprint density at radius 1 is 1.17 bits per heavy atom. The van der Waals surface area contributed by atoms with Gasteiger partial charge in [-0.3, -0.25) is 4.99 Å². The molecular formula is C15H24IN5S2. The van der Waals surface area contributed by atoms with Crippen LogP contribution in [0.25, 0.3) is 0 Å². The van der Waals surface area contributed by atoms with E-state index in [2.05, 4.69) is 37.9 Å². The largest absolute Gasteiger partial charge is 0.356 e. The van der Waals surface area contributed by atoms with Crippen molar-refractivity contribution >= 4 is 52.6 Å². The van der Waals surface area contributed by atoms with Gasteiger partial charge in [-0.15, -0.1) is 46.7 Å². The van der Waals surface area contributed by atoms with Crippen molar-refractivity contribution in [2.45, 2.75) is 33.1 Å². The van der Waals surface area contributed by atoms with E-state index in [4.69, 9.17) is 0 Å². The van der Waals surface area contributed by atoms with Crippen molar-refractivity contribution in [3.63, 3.8) is 0 Å². The van der Waals surface area contributed by atoms with E-state index >= 15 is 0 Å². The number of nitrogens with zero attached hydrogens (tertiary/aromatic N) is 3. The van der Waals surface area contributed by atoms with Gasteiger partial charge in [0.1, 0.15) is 0 Å². The molecule has 0 aliphatic rings. The van der Waals surface area contributed by atoms with E-state index in [1.807, 2.05) is 13.1 Å². The zero-order chi connectivity index (χ0) is 15.8. The number of hydrogen-bond acceptors (Lipinski definition) is 5. The molecule has 23 heavy (non-hydrogen) atoms. The summed E-state index contributed by atoms with van der Waals surface area (Å²) in [5.41, 5.74) is 1.11. The molecule has 2 N–H and O–H groups in total. The molecule has 2 aromatic heterocycles. The summed E-state index contributed by atoms with van der Waals surface area (Å²) < 4.78 is 0. The summed E-state index contributed by atoms with van der Waals surface area (Å²) >= 11 is 3.49. The Kier molecular flexibility index (Phi) is 9.65. The highest BCUT2D eigenvalue weighted by molar-refractivity contribution is 14.0. The van der Waals surface area contributed by atoms with Crippen LogP contribution in [-0.2, 0) is 12.8 Å². The van der Waals surface area contributed by atoms with Gasteiger partial charge in [-0.1, -0.05) is 0 Å². The van der Waals surface area contributed by atoms with Crippen molar-refractivity contribution in [3.05, 3.63) is 32.2 Å². The second-order valence-corrected chi connectivity index (χ2v) is 7.29. The fourth-order valence-corrected chi connectivity index (χ4v) is 3.59. The molecule has 2 aromatic rings. The minimum absolute atomic E-state index is 0. The van der Waals surface area contributed by atoms with Gasteiger partial charge in [0.15, 0.2) is 5.96 Å². The standard InChI is InChI=1S/C15H23N5S2.HI/c1-11-10-21-14(20-11)5-4-7-17-15(16-3)18-8-6-13-19-9-12(2)22-13;/h9-10H,4-8H2,1-3H3,(H2,16,17,18);1H. The third-order valence-electron chi connectivity index (χ3n) is 3.05. The topological polar surface area (TPSA) is 62.2 Å². The molecule has 2 rings (SSSR count). The summed E-state index contributed by atoms with van der Waals surface area (Å²) in [6.07, 6.45) is 4.92. The second-order valence-electron chi connectivity index (χ2n) is 5.03. The SMILES string of the molecule is CN=C(NCCCc1nc(C)cs1)NCCc1ncc(C)s1.I. The van der Waals surface area contributed by atoms with Crippen LogP contribution in [0.4, 0.5) is 0 Å². The normalized spacial score (nSPS) is 11.2. The molecule has 5 nitrogen and oxygen atoms in total. The lowest BCUT2D eigenvalue weighted by Crippen LogP contribution is -2.38. The molecule has 0 aromatic carbocycles. The van der Waals surface area contributed by atoms with Gasteiger partial charge in [-0.2, -0.15) is 0 Å². The van der Waals surface area contributed by atoms with Gasteiger partial charge in [0.25, 0.3) is 0 Å². The Labute approximate surface area is 163 Å². The second kappa shape index (κ2) is 10.9. The van der Waals surface area contributed by atoms with E-state index < -0.39 is 0 Å². The molecule has 0 spiro atoms. The van der Waals surface area contributed by atoms with Crippen LogP contribution in [0.1, 0.15) is 27.0 Å². The van der Waals surface area contributed by atoms with Gasteiger partial charge >= 0.3 is 0 Å². The molecule has 0 radical (unpaired) electrons. The Balaban J connectivity index is 0.00000264. The third-order valence-corrected chi connectivity index (χ3v) is 5.05. The maximum absolute atomic E-state index is 4.47. The van der Waals surface area contributed by atoms with Gasteiger partial charge in [0.2, 0.25) is 0 Å². The maximum Gasteiger partial charge on any atom is 0.190 e. The zero-order valence-corrected chi connectivity index (χ0v) is 17.7. The predicted molar refractivity (Wildman–Crippen MR) is 111 cm³/mol. The average Bonchev–Trinajstić information content (AvgIpc) is 3.10. The minimum Gasteiger partial charge on any atom is -0.356 e. The van der Waals surface area contributed by atoms with E-state index in [0.29, 0.717) is 0 Å². The van der Waals surface area contributed by atoms with Crippen molar-refractivity contribution in [3.8, 4) is 0 Å². The van der Waals surface area contributed by atoms with E-state index in [1.54, 1.807) is 29.7 Å². The fraction of sp³-hybridized carbons (Fsp3) is 0.533. The van der Waals surface area contributed by atoms with E-state index in [0.717, 1.165) is 44.0 Å². The van der Waals surface area contributed by atoms with Crippen molar-refractivity contribution in [2.24, 2.45) is 4.99 Å². The van der Waals surface area contributed by atoms with Gasteiger partial charge in [-0.05, 0) is 20.3 Å². The van der Waals surface area contributed by atoms with E-state index in [-0.39, 0.29) is 24.0 Å². The molecule has 0 fully saturated rings. The van der Waals surface area contributed by atoms with Gasteiger partial charge < -0.3 is 10.6 Å². The predicted octanol–water partition coefficient (Wildman–Crippen LogP) is 3.17. The number of nitrogens with one attached hydrogen (secondary N) is 2. The summed E-state index contributed by atoms with van der Waals surface area (Å²) in [5.74, 6) is 0.851. The molecule has 8 heteroatoms. The van der Waals surface area contributed by atoms with E-state index in [9.17, 15) is 0 Å². The van der Waals surface area contributed by atoms with Crippen LogP contribution in [0.3, 0.4) is 0 Å². The molecule has 0 atom stereocenters. The summed E-state index contributed by atoms with van der Waals surface area (Å²) in [4.78, 5) is 14.3. The molecule has 0 saturated carbocycles. The lowest BCUT2D eigenvalue weighted by atomic mass is 10.3. The first-order valence-corrected chi connectivity index (χ1v) is 9.14. The van der Waals surface area contributed by atoms with Crippen LogP contribution >= 0.6 is 46.7 Å². The number of hydrogen-bond donors (Lipinski definition) is 2. The first-order valence-electron chi connectivity index (χ1n) is 7.44. The molecule has 0 bridgehead atoms. The first-order chi connectivity index (χ1) is 10.7. The third kappa shape index (κ3) is 7.58. The van der Waals surface area contributed by atoms with Crippen molar-refractivity contribution in [2.75, 3.05) is 20.1 Å². The Bertz CT molecular complexity index is 609. The highest BCUT2D eigenvalue weighted by Gasteiger charge is 2.02. The molecular weight excluding hydrogens is 441 g/mol. The first kappa shape index (κ1) is 20.3. The van der Waals surface area contributed by atoms with E-state index in [1.165, 1.54) is 14.9 Å². The lowest BCUT2D eigenvalue weighted by Gasteiger charge is -2.10. The zero-order valence-electron chi connectivity index (χ0n) is 13.8. The van der Waals surface area contributed by atoms with Crippen LogP contribution in [-0.4, -0.2) is 36.1 Å². The molecule has 2 heterocycles. The summed E-state index contributed by atoms with van der Waals surface area (Å²) in [6, 6.07) is 0. The number of rotatable bonds is 7. The highest BCUT2D eigenvalue weighted by Crippen LogP contribution is 2.11. The quantitative estimate of drug-likeness (QED) is 0.286. The van der Waals surface area contributed by atoms with Crippen molar-refractivity contribution in [1.82, 2.24) is 20.6 Å². The molecule has 0 aliphatic carbocycles. The molecule has 0 aliphatic heterocycles. The van der Waals surface area contributed by atoms with Gasteiger partial charge in [0.05, 0.1) is 10.0 Å². The summed E-state index contributed by atoms with van der Waals surface area (Å²) in [5, 5.41) is 11.1. The Hall–Kier alpha value is -0.740. The molecule has 0 saturated heterocycles. The Morgan fingerprint density at radius 3 is 2.57 bits per heavy atom. The maximum atomic E-state index is 4.47. The molecule has 0 unspecified atom stereocenters. The number of thiazole rings is 2. The van der Waals surface area contributed by atoms with Crippen LogP contribution in [0, 0.1) is 13.8 Å². The van der Waals surface area contributed by atoms with Crippen molar-refractivity contribution < 1.29 is 0 Å². The minimum atomic E-state index is 0. The summed E-state index contributed by atoms with van der Waals surface area (Å²) in [6.45, 7) is 5.86. The lowest BCUT2D eigenvalue weighted by molar-refractivity contribution is 0.735. The summed E-state index contributed by atoms with van der Waals surface area (Å²) in [7, 11) is 1.80. The van der Waals surface area contributed by atoms with Crippen LogP contribution in [0.15, 0.2) is 16.6 Å². The fourth-order valence-electron chi connectivity index (χ4n) is 1.99. The number of halogens is 1. The number of aliphatic imine (C=N–C) groups is 1. The van der Waals surface area contributed by atoms with Gasteiger partial charge in [0, 0.05) is 55.1 Å². The van der Waals surface area contributed by atoms with Crippen LogP contribution < -0.4 is 10.6 Å². The highest BCUT2D eigenvalue weighted by atomic mass is 127. The number of aromatic nitrogens is 2. The van der Waals surface area contributed by atoms with Crippen LogP contribution in [0.5, 0.6) is 0 Å². The monoisotopic (exact) mass is 465 g/mol.